The maximum atomic E-state index is 11.5. The quantitative estimate of drug-likeness (QED) is 0.772. The minimum atomic E-state index is -0.996. The lowest BCUT2D eigenvalue weighted by atomic mass is 10.1. The highest BCUT2D eigenvalue weighted by atomic mass is 16.4. The van der Waals surface area contributed by atoms with Crippen LogP contribution in [0.4, 0.5) is 0 Å². The van der Waals surface area contributed by atoms with E-state index in [1.165, 1.54) is 0 Å². The second-order valence-electron chi connectivity index (χ2n) is 3.72. The molecule has 0 saturated heterocycles. The van der Waals surface area contributed by atoms with Crippen molar-refractivity contribution in [2.45, 2.75) is 32.2 Å². The molecule has 1 amide bonds. The highest BCUT2D eigenvalue weighted by Gasteiger charge is 2.16. The lowest BCUT2D eigenvalue weighted by Gasteiger charge is -2.11. The van der Waals surface area contributed by atoms with Crippen LogP contribution in [0.2, 0.25) is 0 Å². The molecule has 2 N–H and O–H groups in total. The Hall–Kier alpha value is -1.91. The van der Waals surface area contributed by atoms with Gasteiger partial charge >= 0.3 is 5.97 Å². The molecule has 0 spiro atoms. The average molecular weight is 236 g/mol. The molecule has 5 nitrogen and oxygen atoms in total. The number of carboxylic acid groups (broad SMARTS) is 1. The molecule has 1 aromatic heterocycles. The van der Waals surface area contributed by atoms with Crippen LogP contribution in [0.25, 0.3) is 0 Å². The molecule has 1 unspecified atom stereocenters. The first-order valence-corrected chi connectivity index (χ1v) is 5.54. The van der Waals surface area contributed by atoms with E-state index in [1.54, 1.807) is 19.3 Å². The number of nitrogens with zero attached hydrogens (tertiary/aromatic N) is 1. The zero-order valence-electron chi connectivity index (χ0n) is 9.72. The lowest BCUT2D eigenvalue weighted by molar-refractivity contribution is -0.141. The van der Waals surface area contributed by atoms with Gasteiger partial charge in [-0.2, -0.15) is 0 Å². The molecular weight excluding hydrogens is 220 g/mol. The largest absolute Gasteiger partial charge is 0.480 e. The van der Waals surface area contributed by atoms with E-state index in [9.17, 15) is 9.59 Å². The summed E-state index contributed by atoms with van der Waals surface area (Å²) in [5, 5.41) is 11.3. The maximum Gasteiger partial charge on any atom is 0.326 e. The van der Waals surface area contributed by atoms with Crippen molar-refractivity contribution in [3.8, 4) is 0 Å². The molecule has 0 saturated carbocycles. The highest BCUT2D eigenvalue weighted by Crippen LogP contribution is 2.01. The van der Waals surface area contributed by atoms with E-state index >= 15 is 0 Å². The van der Waals surface area contributed by atoms with Crippen molar-refractivity contribution in [2.24, 2.45) is 0 Å². The molecule has 0 aromatic carbocycles. The minimum absolute atomic E-state index is 0.240. The van der Waals surface area contributed by atoms with Crippen molar-refractivity contribution in [3.63, 3.8) is 0 Å². The van der Waals surface area contributed by atoms with Crippen molar-refractivity contribution < 1.29 is 14.7 Å². The van der Waals surface area contributed by atoms with Crippen molar-refractivity contribution in [1.82, 2.24) is 10.3 Å². The van der Waals surface area contributed by atoms with Gasteiger partial charge in [0.05, 0.1) is 0 Å². The van der Waals surface area contributed by atoms with Gasteiger partial charge < -0.3 is 10.4 Å². The summed E-state index contributed by atoms with van der Waals surface area (Å²) >= 11 is 0. The van der Waals surface area contributed by atoms with Gasteiger partial charge in [-0.1, -0.05) is 6.92 Å². The second-order valence-corrected chi connectivity index (χ2v) is 3.72. The SMILES string of the molecule is CCC(NC(=O)CCc1ccncc1)C(=O)O. The second kappa shape index (κ2) is 6.62. The van der Waals surface area contributed by atoms with Crippen LogP contribution in [-0.2, 0) is 16.0 Å². The molecule has 1 atom stereocenters. The summed E-state index contributed by atoms with van der Waals surface area (Å²) in [4.78, 5) is 26.1. The smallest absolute Gasteiger partial charge is 0.326 e. The van der Waals surface area contributed by atoms with Gasteiger partial charge in [-0.25, -0.2) is 4.79 Å². The number of carboxylic acids is 1. The molecule has 0 fully saturated rings. The molecule has 1 heterocycles. The zero-order valence-corrected chi connectivity index (χ0v) is 9.72. The number of nitrogens with one attached hydrogen (secondary N) is 1. The van der Waals surface area contributed by atoms with Gasteiger partial charge in [0.15, 0.2) is 0 Å². The van der Waals surface area contributed by atoms with Crippen LogP contribution in [0.3, 0.4) is 0 Å². The normalized spacial score (nSPS) is 11.8. The van der Waals surface area contributed by atoms with Gasteiger partial charge in [0.1, 0.15) is 6.04 Å². The Morgan fingerprint density at radius 1 is 1.41 bits per heavy atom. The molecule has 0 aliphatic rings. The molecule has 1 rings (SSSR count). The van der Waals surface area contributed by atoms with Crippen molar-refractivity contribution in [1.29, 1.82) is 0 Å². The molecule has 0 bridgehead atoms. The van der Waals surface area contributed by atoms with Crippen LogP contribution in [0.1, 0.15) is 25.3 Å². The van der Waals surface area contributed by atoms with Crippen LogP contribution < -0.4 is 5.32 Å². The molecule has 17 heavy (non-hydrogen) atoms. The van der Waals surface area contributed by atoms with Gasteiger partial charge in [-0.3, -0.25) is 9.78 Å². The maximum absolute atomic E-state index is 11.5. The number of aromatic nitrogens is 1. The molecule has 0 aliphatic carbocycles. The first kappa shape index (κ1) is 13.2. The third-order valence-corrected chi connectivity index (χ3v) is 2.43. The fraction of sp³-hybridized carbons (Fsp3) is 0.417. The predicted molar refractivity (Wildman–Crippen MR) is 62.4 cm³/mol. The first-order chi connectivity index (χ1) is 8.13. The van der Waals surface area contributed by atoms with Crippen molar-refractivity contribution >= 4 is 11.9 Å². The van der Waals surface area contributed by atoms with Crippen LogP contribution in [0.15, 0.2) is 24.5 Å². The van der Waals surface area contributed by atoms with Gasteiger partial charge in [0.25, 0.3) is 0 Å². The Bertz CT molecular complexity index is 379. The standard InChI is InChI=1S/C12H16N2O3/c1-2-10(12(16)17)14-11(15)4-3-9-5-7-13-8-6-9/h5-8,10H,2-4H2,1H3,(H,14,15)(H,16,17). The van der Waals surface area contributed by atoms with Crippen molar-refractivity contribution in [2.75, 3.05) is 0 Å². The highest BCUT2D eigenvalue weighted by molar-refractivity contribution is 5.83. The monoisotopic (exact) mass is 236 g/mol. The molecule has 92 valence electrons. The van der Waals surface area contributed by atoms with Crippen LogP contribution >= 0.6 is 0 Å². The van der Waals surface area contributed by atoms with Gasteiger partial charge in [0.2, 0.25) is 5.91 Å². The summed E-state index contributed by atoms with van der Waals surface area (Å²) in [6.07, 6.45) is 4.59. The number of hydrogen-bond donors (Lipinski definition) is 2. The van der Waals surface area contributed by atoms with Crippen LogP contribution in [-0.4, -0.2) is 28.0 Å². The summed E-state index contributed by atoms with van der Waals surface area (Å²) in [6.45, 7) is 1.72. The fourth-order valence-electron chi connectivity index (χ4n) is 1.41. The van der Waals surface area contributed by atoms with Gasteiger partial charge in [-0.05, 0) is 30.5 Å². The fourth-order valence-corrected chi connectivity index (χ4v) is 1.41. The van der Waals surface area contributed by atoms with E-state index in [2.05, 4.69) is 10.3 Å². The Kier molecular flexibility index (Phi) is 5.13. The molecule has 0 radical (unpaired) electrons. The summed E-state index contributed by atoms with van der Waals surface area (Å²) < 4.78 is 0. The van der Waals surface area contributed by atoms with E-state index in [1.807, 2.05) is 12.1 Å². The number of hydrogen-bond acceptors (Lipinski definition) is 3. The number of pyridine rings is 1. The zero-order chi connectivity index (χ0) is 12.7. The Morgan fingerprint density at radius 3 is 2.59 bits per heavy atom. The third-order valence-electron chi connectivity index (χ3n) is 2.43. The summed E-state index contributed by atoms with van der Waals surface area (Å²) in [5.74, 6) is -1.24. The predicted octanol–water partition coefficient (Wildman–Crippen LogP) is 0.994. The van der Waals surface area contributed by atoms with E-state index in [0.717, 1.165) is 5.56 Å². The number of aryl methyl sites for hydroxylation is 1. The van der Waals surface area contributed by atoms with Gasteiger partial charge in [-0.15, -0.1) is 0 Å². The topological polar surface area (TPSA) is 79.3 Å². The number of amides is 1. The summed E-state index contributed by atoms with van der Waals surface area (Å²) in [6, 6.07) is 2.88. The number of carbonyl (C=O) groups excluding carboxylic acids is 1. The molecule has 0 aliphatic heterocycles. The third kappa shape index (κ3) is 4.63. The van der Waals surface area contributed by atoms with Crippen molar-refractivity contribution in [3.05, 3.63) is 30.1 Å². The van der Waals surface area contributed by atoms with Gasteiger partial charge in [0, 0.05) is 18.8 Å². The summed E-state index contributed by atoms with van der Waals surface area (Å²) in [7, 11) is 0. The van der Waals surface area contributed by atoms with E-state index in [-0.39, 0.29) is 12.3 Å². The number of rotatable bonds is 6. The van der Waals surface area contributed by atoms with E-state index in [0.29, 0.717) is 12.8 Å². The van der Waals surface area contributed by atoms with E-state index in [4.69, 9.17) is 5.11 Å². The number of aliphatic carboxylic acids is 1. The van der Waals surface area contributed by atoms with Crippen LogP contribution in [0, 0.1) is 0 Å². The Labute approximate surface area is 99.9 Å². The summed E-state index contributed by atoms with van der Waals surface area (Å²) in [5.41, 5.74) is 1.01. The molecular formula is C12H16N2O3. The van der Waals surface area contributed by atoms with E-state index < -0.39 is 12.0 Å². The first-order valence-electron chi connectivity index (χ1n) is 5.54. The number of carbonyl (C=O) groups is 2. The Balaban J connectivity index is 2.37. The Morgan fingerprint density at radius 2 is 2.06 bits per heavy atom. The lowest BCUT2D eigenvalue weighted by Crippen LogP contribution is -2.40. The molecule has 5 heteroatoms. The minimum Gasteiger partial charge on any atom is -0.480 e. The van der Waals surface area contributed by atoms with Crippen LogP contribution in [0.5, 0.6) is 0 Å². The molecule has 1 aromatic rings. The average Bonchev–Trinajstić information content (AvgIpc) is 2.34.